The number of hydrogen-bond donors (Lipinski definition) is 0. The van der Waals surface area contributed by atoms with Crippen molar-refractivity contribution in [2.24, 2.45) is 0 Å². The van der Waals surface area contributed by atoms with Gasteiger partial charge in [-0.3, -0.25) is 9.59 Å². The quantitative estimate of drug-likeness (QED) is 0.468. The number of rotatable bonds is 3. The first-order valence-corrected chi connectivity index (χ1v) is 2.72. The number of halogens is 6. The Bertz CT molecular complexity index is 236. The van der Waals surface area contributed by atoms with Crippen LogP contribution in [0.5, 0.6) is 0 Å². The molecule has 0 amide bonds. The molecule has 0 aliphatic carbocycles. The molecule has 0 saturated carbocycles. The summed E-state index contributed by atoms with van der Waals surface area (Å²) in [6.07, 6.45) is -5.85. The normalized spacial score (nSPS) is 10.4. The van der Waals surface area contributed by atoms with Crippen molar-refractivity contribution in [1.29, 1.82) is 0 Å². The summed E-state index contributed by atoms with van der Waals surface area (Å²) in [7, 11) is 0. The van der Waals surface area contributed by atoms with Gasteiger partial charge in [0.15, 0.2) is 6.67 Å². The van der Waals surface area contributed by atoms with Gasteiger partial charge in [0.1, 0.15) is 0 Å². The molecule has 100 valence electrons. The highest BCUT2D eigenvalue weighted by Gasteiger charge is 2.59. The molecule has 0 aromatic heterocycles. The predicted molar refractivity (Wildman–Crippen MR) is 37.8 cm³/mol. The Morgan fingerprint density at radius 2 is 1.19 bits per heavy atom. The Balaban J connectivity index is -0.000000240. The van der Waals surface area contributed by atoms with Crippen molar-refractivity contribution in [3.8, 4) is 0 Å². The van der Waals surface area contributed by atoms with Crippen LogP contribution in [0.4, 0.5) is 26.3 Å². The van der Waals surface area contributed by atoms with Gasteiger partial charge in [0.2, 0.25) is 5.78 Å². The number of Topliss-reactive ketones (excluding diaryl/α,β-unsaturated/α-hetero) is 2. The largest absolute Gasteiger partial charge is 0.456 e. The lowest BCUT2D eigenvalue weighted by Gasteiger charge is -2.13. The van der Waals surface area contributed by atoms with Crippen molar-refractivity contribution >= 4 is 11.6 Å². The molecule has 0 aromatic carbocycles. The van der Waals surface area contributed by atoms with Gasteiger partial charge in [-0.1, -0.05) is 0 Å². The van der Waals surface area contributed by atoms with Crippen LogP contribution in [-0.4, -0.2) is 46.8 Å². The minimum atomic E-state index is -5.85. The van der Waals surface area contributed by atoms with E-state index >= 15 is 0 Å². The highest BCUT2D eigenvalue weighted by atomic mass is 19.4. The van der Waals surface area contributed by atoms with Gasteiger partial charge in [-0.2, -0.15) is 22.0 Å². The highest BCUT2D eigenvalue weighted by molar-refractivity contribution is 6.11. The van der Waals surface area contributed by atoms with Crippen molar-refractivity contribution in [3.05, 3.63) is 0 Å². The molecule has 0 heterocycles. The van der Waals surface area contributed by atoms with E-state index in [1.165, 1.54) is 0 Å². The Morgan fingerprint density at radius 1 is 0.875 bits per heavy atom. The van der Waals surface area contributed by atoms with Crippen LogP contribution in [0, 0.1) is 0 Å². The molecule has 0 aromatic rings. The molecular weight excluding hydrogens is 254 g/mol. The molecule has 11 heteroatoms. The van der Waals surface area contributed by atoms with Crippen LogP contribution in [-0.2, 0) is 9.59 Å². The maximum Gasteiger partial charge on any atom is 0.456 e. The lowest BCUT2D eigenvalue weighted by Crippen LogP contribution is -2.46. The summed E-state index contributed by atoms with van der Waals surface area (Å²) >= 11 is 0. The monoisotopic (exact) mass is 262 g/mol. The predicted octanol–water partition coefficient (Wildman–Crippen LogP) is -1.18. The molecule has 0 aliphatic heterocycles. The summed E-state index contributed by atoms with van der Waals surface area (Å²) in [6.45, 7) is -2.32. The van der Waals surface area contributed by atoms with Crippen LogP contribution in [0.15, 0.2) is 0 Å². The van der Waals surface area contributed by atoms with Gasteiger partial charge in [-0.25, -0.2) is 4.39 Å². The van der Waals surface area contributed by atoms with Crippen molar-refractivity contribution in [2.45, 2.75) is 12.1 Å². The van der Waals surface area contributed by atoms with Crippen molar-refractivity contribution in [3.63, 3.8) is 0 Å². The standard InChI is InChI=1S/C5H2F6O2.3H2O/c6-1-2(12)4(7,8)3(13)5(9,10)11;;;/h1H2;3*1H2. The average molecular weight is 262 g/mol. The van der Waals surface area contributed by atoms with E-state index in [1.807, 2.05) is 0 Å². The van der Waals surface area contributed by atoms with Crippen LogP contribution in [0.25, 0.3) is 0 Å². The zero-order valence-corrected chi connectivity index (χ0v) is 7.29. The van der Waals surface area contributed by atoms with E-state index in [1.54, 1.807) is 0 Å². The lowest BCUT2D eigenvalue weighted by atomic mass is 10.1. The maximum absolute atomic E-state index is 12.0. The number of ketones is 2. The van der Waals surface area contributed by atoms with Gasteiger partial charge < -0.3 is 16.4 Å². The van der Waals surface area contributed by atoms with Crippen molar-refractivity contribution < 1.29 is 52.4 Å². The molecule has 0 atom stereocenters. The van der Waals surface area contributed by atoms with E-state index < -0.39 is 30.3 Å². The summed E-state index contributed by atoms with van der Waals surface area (Å²) in [6, 6.07) is 0. The third-order valence-electron chi connectivity index (χ3n) is 1.01. The zero-order valence-electron chi connectivity index (χ0n) is 7.29. The Hall–Kier alpha value is -1.20. The van der Waals surface area contributed by atoms with Crippen LogP contribution in [0.2, 0.25) is 0 Å². The van der Waals surface area contributed by atoms with Gasteiger partial charge in [0.05, 0.1) is 0 Å². The van der Waals surface area contributed by atoms with E-state index in [0.29, 0.717) is 0 Å². The molecule has 0 bridgehead atoms. The first-order valence-electron chi connectivity index (χ1n) is 2.72. The van der Waals surface area contributed by atoms with Gasteiger partial charge in [0, 0.05) is 0 Å². The minimum absolute atomic E-state index is 0. The molecule has 0 aliphatic rings. The third kappa shape index (κ3) is 5.04. The topological polar surface area (TPSA) is 129 Å². The van der Waals surface area contributed by atoms with Gasteiger partial charge in [-0.15, -0.1) is 0 Å². The third-order valence-corrected chi connectivity index (χ3v) is 1.01. The van der Waals surface area contributed by atoms with E-state index in [2.05, 4.69) is 0 Å². The summed E-state index contributed by atoms with van der Waals surface area (Å²) in [5.74, 6) is -11.6. The summed E-state index contributed by atoms with van der Waals surface area (Å²) in [4.78, 5) is 19.7. The van der Waals surface area contributed by atoms with Gasteiger partial charge in [0.25, 0.3) is 0 Å². The molecule has 0 spiro atoms. The summed E-state index contributed by atoms with van der Waals surface area (Å²) in [5, 5.41) is 0. The first-order chi connectivity index (χ1) is 5.64. The minimum Gasteiger partial charge on any atom is -0.412 e. The average Bonchev–Trinajstić information content (AvgIpc) is 1.99. The molecule has 5 nitrogen and oxygen atoms in total. The second-order valence-electron chi connectivity index (χ2n) is 1.96. The van der Waals surface area contributed by atoms with Crippen LogP contribution in [0.3, 0.4) is 0 Å². The second-order valence-corrected chi connectivity index (χ2v) is 1.96. The number of carbonyl (C=O) groups is 2. The summed E-state index contributed by atoms with van der Waals surface area (Å²) < 4.78 is 69.4. The molecule has 6 N–H and O–H groups in total. The molecule has 16 heavy (non-hydrogen) atoms. The first kappa shape index (κ1) is 24.2. The fourth-order valence-corrected chi connectivity index (χ4v) is 0.389. The molecule has 0 unspecified atom stereocenters. The zero-order chi connectivity index (χ0) is 10.9. The van der Waals surface area contributed by atoms with Crippen molar-refractivity contribution in [1.82, 2.24) is 0 Å². The van der Waals surface area contributed by atoms with Crippen LogP contribution >= 0.6 is 0 Å². The highest BCUT2D eigenvalue weighted by Crippen LogP contribution is 2.28. The maximum atomic E-state index is 12.0. The number of hydrogen-bond acceptors (Lipinski definition) is 2. The van der Waals surface area contributed by atoms with Crippen LogP contribution in [0.1, 0.15) is 0 Å². The van der Waals surface area contributed by atoms with E-state index in [0.717, 1.165) is 0 Å². The lowest BCUT2D eigenvalue weighted by molar-refractivity contribution is -0.196. The summed E-state index contributed by atoms with van der Waals surface area (Å²) in [5.41, 5.74) is 0. The van der Waals surface area contributed by atoms with E-state index in [-0.39, 0.29) is 16.4 Å². The molecule has 0 rings (SSSR count). The molecule has 0 radical (unpaired) electrons. The Labute approximate surface area is 84.0 Å². The molecule has 0 saturated heterocycles. The number of carbonyl (C=O) groups excluding carboxylic acids is 2. The fourth-order valence-electron chi connectivity index (χ4n) is 0.389. The second kappa shape index (κ2) is 7.14. The SMILES string of the molecule is O.O.O.O=C(CF)C(F)(F)C(=O)C(F)(F)F. The van der Waals surface area contributed by atoms with Crippen molar-refractivity contribution in [2.75, 3.05) is 6.67 Å². The Morgan fingerprint density at radius 3 is 1.38 bits per heavy atom. The Kier molecular flexibility index (Phi) is 10.8. The number of alkyl halides is 6. The molecule has 0 fully saturated rings. The molecular formula is C5H8F6O5. The van der Waals surface area contributed by atoms with E-state index in [4.69, 9.17) is 0 Å². The smallest absolute Gasteiger partial charge is 0.412 e. The van der Waals surface area contributed by atoms with Gasteiger partial charge >= 0.3 is 17.9 Å². The van der Waals surface area contributed by atoms with Crippen LogP contribution < -0.4 is 0 Å². The van der Waals surface area contributed by atoms with Gasteiger partial charge in [-0.05, 0) is 0 Å². The van der Waals surface area contributed by atoms with E-state index in [9.17, 15) is 35.9 Å². The fraction of sp³-hybridized carbons (Fsp3) is 0.600.